The molecule has 1 heterocycles. The molecule has 2 N–H and O–H groups in total. The fraction of sp³-hybridized carbons (Fsp3) is 0.118. The fourth-order valence-electron chi connectivity index (χ4n) is 2.49. The van der Waals surface area contributed by atoms with Gasteiger partial charge in [0.05, 0.1) is 6.61 Å². The van der Waals surface area contributed by atoms with Gasteiger partial charge in [-0.3, -0.25) is 0 Å². The number of H-pyrrole nitrogens is 1. The Bertz CT molecular complexity index is 790. The molecule has 0 saturated carbocycles. The van der Waals surface area contributed by atoms with E-state index in [4.69, 9.17) is 4.74 Å². The minimum atomic E-state index is -0.969. The maximum atomic E-state index is 11.5. The van der Waals surface area contributed by atoms with Gasteiger partial charge in [0.15, 0.2) is 0 Å². The van der Waals surface area contributed by atoms with Crippen molar-refractivity contribution in [1.82, 2.24) is 4.98 Å². The van der Waals surface area contributed by atoms with Gasteiger partial charge < -0.3 is 14.8 Å². The summed E-state index contributed by atoms with van der Waals surface area (Å²) in [6.07, 6.45) is 0. The molecular weight excluding hydrogens is 266 g/mol. The Morgan fingerprint density at radius 3 is 2.62 bits per heavy atom. The van der Waals surface area contributed by atoms with Crippen LogP contribution in [0, 0.1) is 0 Å². The quantitative estimate of drug-likeness (QED) is 0.761. The zero-order valence-electron chi connectivity index (χ0n) is 11.6. The highest BCUT2D eigenvalue weighted by atomic mass is 16.5. The van der Waals surface area contributed by atoms with E-state index in [0.717, 1.165) is 22.2 Å². The fourth-order valence-corrected chi connectivity index (χ4v) is 2.49. The van der Waals surface area contributed by atoms with E-state index >= 15 is 0 Å². The largest absolute Gasteiger partial charge is 0.494 e. The Hall–Kier alpha value is -2.75. The molecule has 0 aliphatic carbocycles. The van der Waals surface area contributed by atoms with E-state index in [1.165, 1.54) is 0 Å². The second kappa shape index (κ2) is 5.32. The molecule has 0 radical (unpaired) electrons. The number of carbonyl (C=O) groups is 1. The third kappa shape index (κ3) is 2.36. The number of aromatic carboxylic acids is 1. The first-order valence-corrected chi connectivity index (χ1v) is 6.78. The summed E-state index contributed by atoms with van der Waals surface area (Å²) >= 11 is 0. The highest BCUT2D eigenvalue weighted by Crippen LogP contribution is 2.34. The van der Waals surface area contributed by atoms with Gasteiger partial charge in [-0.15, -0.1) is 0 Å². The maximum Gasteiger partial charge on any atom is 0.352 e. The number of benzene rings is 2. The molecule has 4 nitrogen and oxygen atoms in total. The number of aromatic nitrogens is 1. The van der Waals surface area contributed by atoms with Crippen molar-refractivity contribution in [3.05, 3.63) is 54.2 Å². The van der Waals surface area contributed by atoms with Gasteiger partial charge in [-0.2, -0.15) is 0 Å². The van der Waals surface area contributed by atoms with Crippen LogP contribution in [0.15, 0.2) is 48.5 Å². The molecule has 21 heavy (non-hydrogen) atoms. The highest BCUT2D eigenvalue weighted by molar-refractivity contribution is 6.07. The van der Waals surface area contributed by atoms with Crippen LogP contribution in [0.5, 0.6) is 5.75 Å². The first-order valence-electron chi connectivity index (χ1n) is 6.78. The van der Waals surface area contributed by atoms with Crippen molar-refractivity contribution >= 4 is 16.9 Å². The first kappa shape index (κ1) is 13.2. The molecule has 106 valence electrons. The summed E-state index contributed by atoms with van der Waals surface area (Å²) in [4.78, 5) is 14.5. The second-order valence-electron chi connectivity index (χ2n) is 4.69. The Morgan fingerprint density at radius 1 is 1.19 bits per heavy atom. The van der Waals surface area contributed by atoms with Crippen LogP contribution in [0.2, 0.25) is 0 Å². The van der Waals surface area contributed by atoms with Gasteiger partial charge in [-0.25, -0.2) is 4.79 Å². The van der Waals surface area contributed by atoms with E-state index in [9.17, 15) is 9.90 Å². The van der Waals surface area contributed by atoms with Gasteiger partial charge in [-0.1, -0.05) is 30.3 Å². The lowest BCUT2D eigenvalue weighted by atomic mass is 10.0. The van der Waals surface area contributed by atoms with Crippen molar-refractivity contribution in [1.29, 1.82) is 0 Å². The van der Waals surface area contributed by atoms with Crippen molar-refractivity contribution < 1.29 is 14.6 Å². The number of fused-ring (bicyclic) bond motifs is 1. The van der Waals surface area contributed by atoms with Crippen LogP contribution in [-0.4, -0.2) is 22.7 Å². The summed E-state index contributed by atoms with van der Waals surface area (Å²) in [5.74, 6) is -0.235. The molecule has 2 aromatic carbocycles. The van der Waals surface area contributed by atoms with Crippen LogP contribution in [0.25, 0.3) is 22.0 Å². The average Bonchev–Trinajstić information content (AvgIpc) is 2.87. The Balaban J connectivity index is 2.29. The van der Waals surface area contributed by atoms with Gasteiger partial charge in [0.1, 0.15) is 11.4 Å². The molecule has 1 aromatic heterocycles. The maximum absolute atomic E-state index is 11.5. The predicted octanol–water partition coefficient (Wildman–Crippen LogP) is 3.93. The second-order valence-corrected chi connectivity index (χ2v) is 4.69. The SMILES string of the molecule is CCOc1ccc2[nH]c(C(=O)O)c(-c3ccccc3)c2c1. The number of rotatable bonds is 4. The van der Waals surface area contributed by atoms with Gasteiger partial charge in [0.25, 0.3) is 0 Å². The van der Waals surface area contributed by atoms with E-state index in [1.54, 1.807) is 0 Å². The lowest BCUT2D eigenvalue weighted by Gasteiger charge is -2.05. The van der Waals surface area contributed by atoms with Crippen LogP contribution in [0.1, 0.15) is 17.4 Å². The van der Waals surface area contributed by atoms with Crippen molar-refractivity contribution in [3.8, 4) is 16.9 Å². The zero-order chi connectivity index (χ0) is 14.8. The third-order valence-corrected chi connectivity index (χ3v) is 3.36. The molecule has 0 fully saturated rings. The van der Waals surface area contributed by atoms with Gasteiger partial charge in [0.2, 0.25) is 0 Å². The molecule has 3 aromatic rings. The molecule has 0 aliphatic rings. The molecule has 0 atom stereocenters. The molecular formula is C17H15NO3. The summed E-state index contributed by atoms with van der Waals surface area (Å²) in [5, 5.41) is 10.3. The van der Waals surface area contributed by atoms with Crippen molar-refractivity contribution in [2.45, 2.75) is 6.92 Å². The lowest BCUT2D eigenvalue weighted by Crippen LogP contribution is -1.98. The molecule has 0 unspecified atom stereocenters. The monoisotopic (exact) mass is 281 g/mol. The van der Waals surface area contributed by atoms with Crippen LogP contribution < -0.4 is 4.74 Å². The normalized spacial score (nSPS) is 10.7. The summed E-state index contributed by atoms with van der Waals surface area (Å²) < 4.78 is 5.51. The highest BCUT2D eigenvalue weighted by Gasteiger charge is 2.18. The number of hydrogen-bond acceptors (Lipinski definition) is 2. The molecule has 4 heteroatoms. The Kier molecular flexibility index (Phi) is 3.36. The molecule has 0 bridgehead atoms. The number of carboxylic acids is 1. The summed E-state index contributed by atoms with van der Waals surface area (Å²) in [6, 6.07) is 15.1. The summed E-state index contributed by atoms with van der Waals surface area (Å²) in [6.45, 7) is 2.49. The summed E-state index contributed by atoms with van der Waals surface area (Å²) in [5.41, 5.74) is 2.55. The van der Waals surface area contributed by atoms with Gasteiger partial charge >= 0.3 is 5.97 Å². The number of nitrogens with one attached hydrogen (secondary N) is 1. The van der Waals surface area contributed by atoms with Crippen LogP contribution >= 0.6 is 0 Å². The Labute approximate surface area is 122 Å². The van der Waals surface area contributed by atoms with Crippen LogP contribution in [-0.2, 0) is 0 Å². The average molecular weight is 281 g/mol. The van der Waals surface area contributed by atoms with E-state index in [-0.39, 0.29) is 5.69 Å². The minimum Gasteiger partial charge on any atom is -0.494 e. The minimum absolute atomic E-state index is 0.199. The van der Waals surface area contributed by atoms with E-state index in [2.05, 4.69) is 4.98 Å². The zero-order valence-corrected chi connectivity index (χ0v) is 11.6. The van der Waals surface area contributed by atoms with Gasteiger partial charge in [0, 0.05) is 16.5 Å². The first-order chi connectivity index (χ1) is 10.2. The van der Waals surface area contributed by atoms with Crippen molar-refractivity contribution in [3.63, 3.8) is 0 Å². The van der Waals surface area contributed by atoms with Crippen molar-refractivity contribution in [2.24, 2.45) is 0 Å². The Morgan fingerprint density at radius 2 is 1.95 bits per heavy atom. The third-order valence-electron chi connectivity index (χ3n) is 3.36. The predicted molar refractivity (Wildman–Crippen MR) is 81.9 cm³/mol. The molecule has 3 rings (SSSR count). The van der Waals surface area contributed by atoms with E-state index in [1.807, 2.05) is 55.5 Å². The topological polar surface area (TPSA) is 62.3 Å². The van der Waals surface area contributed by atoms with E-state index in [0.29, 0.717) is 12.2 Å². The number of carboxylic acid groups (broad SMARTS) is 1. The number of ether oxygens (including phenoxy) is 1. The molecule has 0 amide bonds. The lowest BCUT2D eigenvalue weighted by molar-refractivity contribution is 0.0692. The number of hydrogen-bond donors (Lipinski definition) is 2. The van der Waals surface area contributed by atoms with Gasteiger partial charge in [-0.05, 0) is 30.7 Å². The number of aromatic amines is 1. The molecule has 0 aliphatic heterocycles. The molecule has 0 saturated heterocycles. The molecule has 0 spiro atoms. The van der Waals surface area contributed by atoms with Crippen LogP contribution in [0.3, 0.4) is 0 Å². The van der Waals surface area contributed by atoms with E-state index < -0.39 is 5.97 Å². The standard InChI is InChI=1S/C17H15NO3/c1-2-21-12-8-9-14-13(10-12)15(16(18-14)17(19)20)11-6-4-3-5-7-11/h3-10,18H,2H2,1H3,(H,19,20). The van der Waals surface area contributed by atoms with Crippen LogP contribution in [0.4, 0.5) is 0 Å². The smallest absolute Gasteiger partial charge is 0.352 e. The van der Waals surface area contributed by atoms with Crippen molar-refractivity contribution in [2.75, 3.05) is 6.61 Å². The summed E-state index contributed by atoms with van der Waals surface area (Å²) in [7, 11) is 0.